The van der Waals surface area contributed by atoms with Crippen molar-refractivity contribution >= 4 is 144 Å². The van der Waals surface area contributed by atoms with Crippen molar-refractivity contribution in [2.75, 3.05) is 0 Å². The molecule has 0 spiro atoms. The third-order valence-electron chi connectivity index (χ3n) is 19.9. The number of hydrogen-bond acceptors (Lipinski definition) is 20. The van der Waals surface area contributed by atoms with Gasteiger partial charge in [0.05, 0.1) is 51.4 Å². The molecule has 21 aromatic rings. The molecule has 20 heteroatoms. The predicted octanol–water partition coefficient (Wildman–Crippen LogP) is 28.0. The summed E-state index contributed by atoms with van der Waals surface area (Å²) in [5.74, 6) is 16.0. The zero-order valence-electron chi connectivity index (χ0n) is 66.8. The van der Waals surface area contributed by atoms with Crippen molar-refractivity contribution in [1.29, 1.82) is 0 Å². The number of aliphatic imine (C=N–C) groups is 2. The number of benzene rings is 11. The average Bonchev–Trinajstić information content (AvgIpc) is 1.63. The molecule has 0 aliphatic carbocycles. The lowest BCUT2D eigenvalue weighted by Gasteiger charge is -2.18. The smallest absolute Gasteiger partial charge is 0.237 e. The SMILES string of the molecule is C(#Cc1ccc(C#CC2=NC=CC2)cc1)C1=NC=CC1.CC(C)(C)c1ccc2oc(-c3ccc(-c4nc5cc(C(C)(C)C)ccc5o4)s3)nc2c1.c1cc(-c2nc3ccccc3o2)cc(-c2nc3ccccc3o2)c1.c1cc(-c2nc3ccccc3s2)cc(-c2nc3ccccc3s2)c1.c1ccc2oc(-c3ccc(-c4nc5ccccc5o4)s3)nc2c1. The van der Waals surface area contributed by atoms with E-state index in [2.05, 4.69) is 180 Å². The maximum Gasteiger partial charge on any atom is 0.237 e. The zero-order chi connectivity index (χ0) is 82.7. The van der Waals surface area contributed by atoms with Gasteiger partial charge in [-0.15, -0.1) is 45.3 Å². The van der Waals surface area contributed by atoms with Crippen LogP contribution in [0.15, 0.2) is 340 Å². The number of thiazole rings is 2. The van der Waals surface area contributed by atoms with Gasteiger partial charge in [0.25, 0.3) is 0 Å². The number of nitrogens with zero attached hydrogens (tertiary/aromatic N) is 10. The summed E-state index contributed by atoms with van der Waals surface area (Å²) in [5.41, 5.74) is 22.5. The van der Waals surface area contributed by atoms with Gasteiger partial charge >= 0.3 is 0 Å². The van der Waals surface area contributed by atoms with Gasteiger partial charge in [-0.1, -0.05) is 175 Å². The van der Waals surface area contributed by atoms with Crippen LogP contribution >= 0.6 is 45.3 Å². The van der Waals surface area contributed by atoms with E-state index in [4.69, 9.17) is 46.4 Å². The number of hydrogen-bond donors (Lipinski definition) is 0. The van der Waals surface area contributed by atoms with Crippen molar-refractivity contribution in [2.24, 2.45) is 9.98 Å². The van der Waals surface area contributed by atoms with Crippen molar-refractivity contribution in [1.82, 2.24) is 39.9 Å². The van der Waals surface area contributed by atoms with Gasteiger partial charge in [0.1, 0.15) is 43.1 Å². The summed E-state index contributed by atoms with van der Waals surface area (Å²) in [5, 5.41) is 2.11. The third-order valence-corrected chi connectivity index (χ3v) is 24.2. The van der Waals surface area contributed by atoms with Crippen LogP contribution in [-0.4, -0.2) is 51.3 Å². The van der Waals surface area contributed by atoms with Crippen molar-refractivity contribution in [2.45, 2.75) is 65.2 Å². The van der Waals surface area contributed by atoms with E-state index in [1.807, 2.05) is 206 Å². The van der Waals surface area contributed by atoms with Crippen LogP contribution in [0.4, 0.5) is 0 Å². The van der Waals surface area contributed by atoms with Gasteiger partial charge in [0.15, 0.2) is 33.5 Å². The molecule has 12 heterocycles. The van der Waals surface area contributed by atoms with Crippen LogP contribution in [-0.2, 0) is 10.8 Å². The first-order valence-electron chi connectivity index (χ1n) is 39.5. The molecule has 0 fully saturated rings. The molecule has 23 rings (SSSR count). The Morgan fingerprint density at radius 1 is 0.262 bits per heavy atom. The molecule has 10 aromatic heterocycles. The molecule has 0 atom stereocenters. The van der Waals surface area contributed by atoms with Crippen molar-refractivity contribution in [3.05, 3.63) is 326 Å². The number of thiophene rings is 2. The molecule has 0 N–H and O–H groups in total. The van der Waals surface area contributed by atoms with E-state index in [0.29, 0.717) is 35.3 Å². The molecule has 2 aliphatic rings. The summed E-state index contributed by atoms with van der Waals surface area (Å²) in [6.45, 7) is 13.2. The van der Waals surface area contributed by atoms with Gasteiger partial charge in [-0.25, -0.2) is 39.9 Å². The Balaban J connectivity index is 0.000000101. The van der Waals surface area contributed by atoms with E-state index in [9.17, 15) is 0 Å². The molecule has 0 amide bonds. The van der Waals surface area contributed by atoms with Crippen LogP contribution in [0.1, 0.15) is 76.6 Å². The van der Waals surface area contributed by atoms with Crippen molar-refractivity contribution in [3.63, 3.8) is 0 Å². The lowest BCUT2D eigenvalue weighted by Crippen LogP contribution is -2.10. The number of aromatic nitrogens is 8. The summed E-state index contributed by atoms with van der Waals surface area (Å²) in [7, 11) is 0. The minimum absolute atomic E-state index is 0.0726. The third kappa shape index (κ3) is 17.3. The Hall–Kier alpha value is -14.6. The molecular formula is C102H72N10O6S4. The fraction of sp³-hybridized carbons (Fsp3) is 0.0980. The normalized spacial score (nSPS) is 12.3. The summed E-state index contributed by atoms with van der Waals surface area (Å²) in [6, 6.07) is 92.3. The van der Waals surface area contributed by atoms with Crippen LogP contribution in [0, 0.1) is 23.7 Å². The zero-order valence-corrected chi connectivity index (χ0v) is 70.1. The first-order valence-corrected chi connectivity index (χ1v) is 42.8. The molecule has 0 unspecified atom stereocenters. The van der Waals surface area contributed by atoms with Crippen molar-refractivity contribution < 1.29 is 26.5 Å². The lowest BCUT2D eigenvalue weighted by atomic mass is 9.87. The lowest BCUT2D eigenvalue weighted by molar-refractivity contribution is 0.589. The maximum absolute atomic E-state index is 6.03. The molecule has 0 saturated heterocycles. The quantitative estimate of drug-likeness (QED) is 0.130. The molecule has 122 heavy (non-hydrogen) atoms. The maximum atomic E-state index is 6.03. The van der Waals surface area contributed by atoms with E-state index in [-0.39, 0.29) is 10.8 Å². The highest BCUT2D eigenvalue weighted by Gasteiger charge is 2.23. The highest BCUT2D eigenvalue weighted by Crippen LogP contribution is 2.42. The number of allylic oxidation sites excluding steroid dienone is 2. The van der Waals surface area contributed by atoms with E-state index in [0.717, 1.165) is 165 Å². The Morgan fingerprint density at radius 2 is 0.574 bits per heavy atom. The van der Waals surface area contributed by atoms with Gasteiger partial charge in [-0.2, -0.15) is 0 Å². The minimum atomic E-state index is 0.0726. The molecule has 0 radical (unpaired) electrons. The Kier molecular flexibility index (Phi) is 21.3. The van der Waals surface area contributed by atoms with Crippen LogP contribution < -0.4 is 0 Å². The highest BCUT2D eigenvalue weighted by molar-refractivity contribution is 7.22. The number of oxazole rings is 6. The second kappa shape index (κ2) is 33.6. The Labute approximate surface area is 716 Å². The van der Waals surface area contributed by atoms with Gasteiger partial charge < -0.3 is 26.5 Å². The average molecular weight is 1660 g/mol. The number of para-hydroxylation sites is 10. The summed E-state index contributed by atoms with van der Waals surface area (Å²) in [6.07, 6.45) is 9.28. The van der Waals surface area contributed by atoms with E-state index >= 15 is 0 Å². The fourth-order valence-electron chi connectivity index (χ4n) is 13.5. The second-order valence-corrected chi connectivity index (χ2v) is 34.9. The topological polar surface area (TPSA) is 207 Å². The van der Waals surface area contributed by atoms with E-state index < -0.39 is 0 Å². The largest absolute Gasteiger partial charge is 0.436 e. The van der Waals surface area contributed by atoms with Crippen LogP contribution in [0.3, 0.4) is 0 Å². The molecular weight excluding hydrogens is 1590 g/mol. The second-order valence-electron chi connectivity index (χ2n) is 30.7. The Bertz CT molecular complexity index is 6920. The Morgan fingerprint density at radius 3 is 0.918 bits per heavy atom. The van der Waals surface area contributed by atoms with E-state index in [1.54, 1.807) is 57.7 Å². The molecule has 16 nitrogen and oxygen atoms in total. The number of rotatable bonds is 8. The van der Waals surface area contributed by atoms with Crippen LogP contribution in [0.25, 0.3) is 174 Å². The standard InChI is InChI=1S/C26H26N2O2S.C20H12N2O2.C20H12N2S2.C18H10N2O2S.C18H12N2/c1-25(2,3)15-7-9-19-17(13-15)27-23(29-19)21-11-12-22(31-21)24-28-18-14-16(26(4,5)6)8-10-20(18)30-24;2*1-3-10-17-15(8-1)21-19(23-17)13-6-5-7-14(12-13)20-22-16-9-2-4-11-18(16)24-20;1-3-7-13-11(5-1)19-17(21-13)15-9-10-16(23-15)18-20-12-6-2-4-8-14(12)22-18;1-3-17(19-13-1)11-9-15-5-7-16(8-6-15)10-12-18-4-2-14-20-18/h7-14H,1-6H3;2*1-12H;1-10H;1-2,5-8,13-14H,3-4H2. The molecule has 590 valence electrons. The van der Waals surface area contributed by atoms with Gasteiger partial charge in [-0.3, -0.25) is 9.98 Å². The summed E-state index contributed by atoms with van der Waals surface area (Å²) in [4.78, 5) is 49.3. The number of fused-ring (bicyclic) bond motifs is 8. The molecule has 11 aromatic carbocycles. The van der Waals surface area contributed by atoms with Gasteiger partial charge in [0, 0.05) is 58.6 Å². The minimum Gasteiger partial charge on any atom is -0.436 e. The van der Waals surface area contributed by atoms with Gasteiger partial charge in [-0.05, 0) is 204 Å². The van der Waals surface area contributed by atoms with Gasteiger partial charge in [0.2, 0.25) is 35.3 Å². The molecule has 0 bridgehead atoms. The summed E-state index contributed by atoms with van der Waals surface area (Å²) >= 11 is 6.60. The van der Waals surface area contributed by atoms with Crippen molar-refractivity contribution in [3.8, 4) is 111 Å². The first-order chi connectivity index (χ1) is 59.6. The monoisotopic (exact) mass is 1660 g/mol. The first kappa shape index (κ1) is 77.3. The van der Waals surface area contributed by atoms with Crippen LogP contribution in [0.5, 0.6) is 0 Å². The predicted molar refractivity (Wildman–Crippen MR) is 497 cm³/mol. The molecule has 0 saturated carbocycles. The fourth-order valence-corrected chi connectivity index (χ4v) is 17.1. The highest BCUT2D eigenvalue weighted by atomic mass is 32.1. The summed E-state index contributed by atoms with van der Waals surface area (Å²) < 4.78 is 37.8. The molecule has 2 aliphatic heterocycles. The van der Waals surface area contributed by atoms with Crippen LogP contribution in [0.2, 0.25) is 0 Å². The van der Waals surface area contributed by atoms with E-state index in [1.165, 1.54) is 20.5 Å².